The molecular formula is C26H33N3O5. The van der Waals surface area contributed by atoms with Crippen molar-refractivity contribution in [3.8, 4) is 0 Å². The lowest BCUT2D eigenvalue weighted by molar-refractivity contribution is -0.180. The van der Waals surface area contributed by atoms with Gasteiger partial charge in [0.2, 0.25) is 11.8 Å². The Morgan fingerprint density at radius 3 is 2.44 bits per heavy atom. The number of hydrogen-bond acceptors (Lipinski definition) is 5. The Morgan fingerprint density at radius 2 is 1.79 bits per heavy atom. The number of nitrogens with two attached hydrogens (primary N) is 1. The van der Waals surface area contributed by atoms with Gasteiger partial charge in [0.05, 0.1) is 5.60 Å². The minimum absolute atomic E-state index is 0.0200. The smallest absolute Gasteiger partial charge is 0.408 e. The Bertz CT molecular complexity index is 999. The number of ether oxygens (including phenoxy) is 1. The van der Waals surface area contributed by atoms with Crippen LogP contribution < -0.4 is 11.1 Å². The highest BCUT2D eigenvalue weighted by Crippen LogP contribution is 2.63. The number of alkyl carbamates (subject to hydrolysis) is 1. The normalized spacial score (nSPS) is 39.9. The quantitative estimate of drug-likeness (QED) is 0.591. The molecule has 6 unspecified atom stereocenters. The molecule has 5 saturated carbocycles. The molecule has 34 heavy (non-hydrogen) atoms. The average molecular weight is 468 g/mol. The van der Waals surface area contributed by atoms with E-state index in [4.69, 9.17) is 10.5 Å². The number of amides is 3. The number of nitrogens with zero attached hydrogens (tertiary/aromatic N) is 1. The first kappa shape index (κ1) is 21.9. The minimum Gasteiger partial charge on any atom is -0.445 e. The molecule has 1 heterocycles. The molecule has 182 valence electrons. The van der Waals surface area contributed by atoms with Crippen molar-refractivity contribution < 1.29 is 24.2 Å². The zero-order valence-corrected chi connectivity index (χ0v) is 19.3. The summed E-state index contributed by atoms with van der Waals surface area (Å²) in [5.41, 5.74) is 5.21. The molecule has 0 spiro atoms. The third-order valence-corrected chi connectivity index (χ3v) is 9.10. The monoisotopic (exact) mass is 467 g/mol. The van der Waals surface area contributed by atoms with Crippen LogP contribution in [-0.4, -0.2) is 51.6 Å². The van der Waals surface area contributed by atoms with Crippen molar-refractivity contribution in [1.82, 2.24) is 10.2 Å². The van der Waals surface area contributed by atoms with Gasteiger partial charge in [0.25, 0.3) is 0 Å². The Morgan fingerprint density at radius 1 is 1.09 bits per heavy atom. The van der Waals surface area contributed by atoms with Gasteiger partial charge < -0.3 is 25.8 Å². The topological polar surface area (TPSA) is 122 Å². The van der Waals surface area contributed by atoms with Gasteiger partial charge in [-0.1, -0.05) is 30.3 Å². The number of primary amides is 1. The number of hydrogen-bond donors (Lipinski definition) is 3. The molecule has 3 amide bonds. The first-order valence-electron chi connectivity index (χ1n) is 12.6. The molecular weight excluding hydrogens is 434 g/mol. The van der Waals surface area contributed by atoms with E-state index >= 15 is 0 Å². The van der Waals surface area contributed by atoms with E-state index in [1.54, 1.807) is 4.90 Å². The Kier molecular flexibility index (Phi) is 4.96. The van der Waals surface area contributed by atoms with Crippen LogP contribution in [0.4, 0.5) is 4.79 Å². The maximum absolute atomic E-state index is 14.1. The average Bonchev–Trinajstić information content (AvgIpc) is 3.43. The molecule has 0 radical (unpaired) electrons. The van der Waals surface area contributed by atoms with E-state index in [1.807, 2.05) is 30.3 Å². The number of piperidine rings is 1. The molecule has 6 aliphatic rings. The highest BCUT2D eigenvalue weighted by molar-refractivity contribution is 5.92. The molecule has 1 saturated heterocycles. The summed E-state index contributed by atoms with van der Waals surface area (Å²) in [5.74, 6) is 0.282. The Balaban J connectivity index is 1.28. The van der Waals surface area contributed by atoms with Crippen molar-refractivity contribution in [3.63, 3.8) is 0 Å². The third-order valence-electron chi connectivity index (χ3n) is 9.10. The van der Waals surface area contributed by atoms with Crippen LogP contribution in [-0.2, 0) is 20.9 Å². The number of likely N-dealkylation sites (tertiary alicyclic amines) is 1. The molecule has 4 N–H and O–H groups in total. The molecule has 7 rings (SSSR count). The van der Waals surface area contributed by atoms with Gasteiger partial charge in [0.15, 0.2) is 0 Å². The second kappa shape index (κ2) is 7.70. The Hall–Kier alpha value is -2.61. The van der Waals surface area contributed by atoms with Gasteiger partial charge in [-0.2, -0.15) is 0 Å². The van der Waals surface area contributed by atoms with Gasteiger partial charge in [-0.05, 0) is 74.7 Å². The van der Waals surface area contributed by atoms with Crippen LogP contribution >= 0.6 is 0 Å². The van der Waals surface area contributed by atoms with Crippen molar-refractivity contribution in [1.29, 1.82) is 0 Å². The molecule has 0 aromatic heterocycles. The van der Waals surface area contributed by atoms with Crippen LogP contribution in [0.2, 0.25) is 0 Å². The summed E-state index contributed by atoms with van der Waals surface area (Å²) >= 11 is 0. The van der Waals surface area contributed by atoms with Crippen LogP contribution in [0.1, 0.15) is 56.9 Å². The van der Waals surface area contributed by atoms with Crippen molar-refractivity contribution >= 4 is 17.9 Å². The molecule has 1 aliphatic heterocycles. The van der Waals surface area contributed by atoms with E-state index < -0.39 is 35.1 Å². The van der Waals surface area contributed by atoms with E-state index in [0.29, 0.717) is 30.6 Å². The summed E-state index contributed by atoms with van der Waals surface area (Å²) in [7, 11) is 0. The molecule has 1 aromatic carbocycles. The van der Waals surface area contributed by atoms with E-state index in [1.165, 1.54) is 0 Å². The van der Waals surface area contributed by atoms with E-state index in [9.17, 15) is 19.5 Å². The van der Waals surface area contributed by atoms with Gasteiger partial charge in [-0.3, -0.25) is 9.59 Å². The fraction of sp³-hybridized carbons (Fsp3) is 0.654. The van der Waals surface area contributed by atoms with Crippen molar-refractivity contribution in [2.45, 2.75) is 81.7 Å². The number of benzene rings is 1. The number of carbonyl (C=O) groups is 3. The Labute approximate surface area is 199 Å². The summed E-state index contributed by atoms with van der Waals surface area (Å²) < 4.78 is 5.50. The van der Waals surface area contributed by atoms with Crippen molar-refractivity contribution in [3.05, 3.63) is 35.9 Å². The van der Waals surface area contributed by atoms with E-state index in [-0.39, 0.29) is 18.6 Å². The van der Waals surface area contributed by atoms with Crippen LogP contribution in [0.3, 0.4) is 0 Å². The van der Waals surface area contributed by atoms with Gasteiger partial charge >= 0.3 is 6.09 Å². The highest BCUT2D eigenvalue weighted by Gasteiger charge is 2.64. The zero-order chi connectivity index (χ0) is 23.7. The van der Waals surface area contributed by atoms with Crippen LogP contribution in [0, 0.1) is 23.2 Å². The summed E-state index contributed by atoms with van der Waals surface area (Å²) in [6, 6.07) is 7.95. The summed E-state index contributed by atoms with van der Waals surface area (Å²) in [4.78, 5) is 40.9. The molecule has 8 nitrogen and oxygen atoms in total. The van der Waals surface area contributed by atoms with Gasteiger partial charge in [-0.25, -0.2) is 4.79 Å². The third kappa shape index (κ3) is 3.67. The zero-order valence-electron chi connectivity index (χ0n) is 19.3. The number of nitrogens with one attached hydrogen (secondary N) is 1. The standard InChI is InChI=1S/C26H33N3O5/c27-22(30)20-8-18-7-19(18)29(20)23(31)21(28-24(32)34-13-15-4-2-1-3-5-15)25-9-16-6-17(10-25)12-26(33,11-16)14-25/h1-5,16-21,33H,6-14H2,(H2,27,30)(H,28,32). The molecule has 1 aromatic rings. The number of fused-ring (bicyclic) bond motifs is 1. The minimum atomic E-state index is -0.839. The second-order valence-corrected chi connectivity index (χ2v) is 11.6. The lowest BCUT2D eigenvalue weighted by Gasteiger charge is -2.62. The summed E-state index contributed by atoms with van der Waals surface area (Å²) in [5, 5.41) is 14.2. The first-order valence-corrected chi connectivity index (χ1v) is 12.6. The van der Waals surface area contributed by atoms with Gasteiger partial charge in [-0.15, -0.1) is 0 Å². The predicted molar refractivity (Wildman–Crippen MR) is 122 cm³/mol. The molecule has 6 atom stereocenters. The van der Waals surface area contributed by atoms with Crippen LogP contribution in [0.25, 0.3) is 0 Å². The maximum Gasteiger partial charge on any atom is 0.408 e. The van der Waals surface area contributed by atoms with Crippen LogP contribution in [0.15, 0.2) is 30.3 Å². The predicted octanol–water partition coefficient (Wildman–Crippen LogP) is 2.09. The lowest BCUT2D eigenvalue weighted by Crippen LogP contribution is -2.67. The van der Waals surface area contributed by atoms with Crippen molar-refractivity contribution in [2.75, 3.05) is 0 Å². The molecule has 4 bridgehead atoms. The second-order valence-electron chi connectivity index (χ2n) is 11.6. The van der Waals surface area contributed by atoms with Gasteiger partial charge in [0.1, 0.15) is 18.7 Å². The van der Waals surface area contributed by atoms with Crippen LogP contribution in [0.5, 0.6) is 0 Å². The van der Waals surface area contributed by atoms with E-state index in [2.05, 4.69) is 5.32 Å². The highest BCUT2D eigenvalue weighted by atomic mass is 16.5. The lowest BCUT2D eigenvalue weighted by atomic mass is 9.46. The fourth-order valence-corrected chi connectivity index (χ4v) is 8.16. The molecule has 6 fully saturated rings. The number of carbonyl (C=O) groups excluding carboxylic acids is 3. The fourth-order valence-electron chi connectivity index (χ4n) is 8.16. The van der Waals surface area contributed by atoms with E-state index in [0.717, 1.165) is 44.1 Å². The largest absolute Gasteiger partial charge is 0.445 e. The molecule has 5 aliphatic carbocycles. The summed E-state index contributed by atoms with van der Waals surface area (Å²) in [6.07, 6.45) is 5.52. The maximum atomic E-state index is 14.1. The molecule has 8 heteroatoms. The number of aliphatic hydroxyl groups is 1. The summed E-state index contributed by atoms with van der Waals surface area (Å²) in [6.45, 7) is 0.105. The SMILES string of the molecule is NC(=O)C1CC2CC2N1C(=O)C(NC(=O)OCc1ccccc1)C12CC3CC(CC(O)(C3)C1)C2. The van der Waals surface area contributed by atoms with Gasteiger partial charge in [0, 0.05) is 11.5 Å². The van der Waals surface area contributed by atoms with Crippen molar-refractivity contribution in [2.24, 2.45) is 28.9 Å². The number of rotatable bonds is 6. The first-order chi connectivity index (χ1) is 16.3.